The van der Waals surface area contributed by atoms with Crippen LogP contribution in [0.3, 0.4) is 0 Å². The second-order valence-corrected chi connectivity index (χ2v) is 14.1. The van der Waals surface area contributed by atoms with E-state index in [4.69, 9.17) is 0 Å². The number of fused-ring (bicyclic) bond motifs is 5. The number of hydrogen-bond acceptors (Lipinski definition) is 1. The average molecular weight is 507 g/mol. The van der Waals surface area contributed by atoms with Crippen molar-refractivity contribution < 1.29 is 5.11 Å². The van der Waals surface area contributed by atoms with Crippen molar-refractivity contribution in [2.45, 2.75) is 126 Å². The highest BCUT2D eigenvalue weighted by atomic mass is 16.3. The molecule has 0 amide bonds. The van der Waals surface area contributed by atoms with Crippen LogP contribution in [0.25, 0.3) is 0 Å². The van der Waals surface area contributed by atoms with E-state index in [0.29, 0.717) is 5.75 Å². The summed E-state index contributed by atoms with van der Waals surface area (Å²) in [5.74, 6) is 6.18. The van der Waals surface area contributed by atoms with E-state index in [0.717, 1.165) is 11.5 Å². The number of benzene rings is 2. The van der Waals surface area contributed by atoms with Gasteiger partial charge in [0.25, 0.3) is 0 Å². The van der Waals surface area contributed by atoms with Gasteiger partial charge in [-0.2, -0.15) is 0 Å². The van der Waals surface area contributed by atoms with Crippen LogP contribution < -0.4 is 0 Å². The van der Waals surface area contributed by atoms with Crippen molar-refractivity contribution in [3.8, 4) is 5.75 Å². The molecule has 4 unspecified atom stereocenters. The van der Waals surface area contributed by atoms with Gasteiger partial charge in [-0.25, -0.2) is 0 Å². The van der Waals surface area contributed by atoms with Gasteiger partial charge in [0.1, 0.15) is 5.75 Å². The number of aromatic hydroxyl groups is 1. The molecule has 2 bridgehead atoms. The van der Waals surface area contributed by atoms with E-state index in [1.165, 1.54) is 45.9 Å². The first-order valence-electron chi connectivity index (χ1n) is 15.0. The fourth-order valence-electron chi connectivity index (χ4n) is 7.08. The highest BCUT2D eigenvalue weighted by Crippen LogP contribution is 2.59. The highest BCUT2D eigenvalue weighted by Gasteiger charge is 2.50. The van der Waals surface area contributed by atoms with Gasteiger partial charge in [-0.1, -0.05) is 104 Å². The Kier molecular flexibility index (Phi) is 10.9. The normalized spacial score (nSPS) is 25.7. The maximum Gasteiger partial charge on any atom is 0.119 e. The molecule has 2 aromatic rings. The van der Waals surface area contributed by atoms with E-state index in [2.05, 4.69) is 80.5 Å². The number of rotatable bonds is 0. The number of phenolic OH excluding ortho intramolecular Hbond substituents is 1. The zero-order valence-electron chi connectivity index (χ0n) is 26.3. The standard InChI is InChI=1S/C12H18.C11H16O.C11H18.C2H6/c1-9-6-7-10(2)11(8-9)12(3,4)5;1-8-5-6-10(12)9(7-8)11(2,3)4;1-7-4-10-8-2-3-9(6-8)11(10)5-7;1-2/h6-8H,1-5H3;5-7,12H,1-4H3;7-11H,2-6H2,1H3;1-2H3. The van der Waals surface area contributed by atoms with Crippen LogP contribution in [-0.4, -0.2) is 5.11 Å². The molecule has 3 fully saturated rings. The molecule has 3 saturated carbocycles. The van der Waals surface area contributed by atoms with E-state index in [9.17, 15) is 5.11 Å². The lowest BCUT2D eigenvalue weighted by Gasteiger charge is -2.23. The molecular weight excluding hydrogens is 448 g/mol. The minimum absolute atomic E-state index is 0.0239. The van der Waals surface area contributed by atoms with Crippen molar-refractivity contribution in [1.29, 1.82) is 0 Å². The van der Waals surface area contributed by atoms with Crippen molar-refractivity contribution in [1.82, 2.24) is 0 Å². The number of aryl methyl sites for hydroxylation is 3. The summed E-state index contributed by atoms with van der Waals surface area (Å²) in [6.45, 7) is 25.9. The Labute approximate surface area is 230 Å². The van der Waals surface area contributed by atoms with Crippen LogP contribution in [-0.2, 0) is 10.8 Å². The van der Waals surface area contributed by atoms with Gasteiger partial charge >= 0.3 is 0 Å². The first-order valence-corrected chi connectivity index (χ1v) is 15.0. The third kappa shape index (κ3) is 8.36. The smallest absolute Gasteiger partial charge is 0.119 e. The quantitative estimate of drug-likeness (QED) is 0.377. The summed E-state index contributed by atoms with van der Waals surface area (Å²) in [7, 11) is 0. The van der Waals surface area contributed by atoms with Gasteiger partial charge < -0.3 is 5.11 Å². The average Bonchev–Trinajstić information content (AvgIpc) is 3.51. The summed E-state index contributed by atoms with van der Waals surface area (Å²) in [6.07, 6.45) is 7.93. The van der Waals surface area contributed by atoms with E-state index in [1.54, 1.807) is 38.2 Å². The summed E-state index contributed by atoms with van der Waals surface area (Å²) >= 11 is 0. The lowest BCUT2D eigenvalue weighted by Crippen LogP contribution is -2.15. The van der Waals surface area contributed by atoms with E-state index >= 15 is 0 Å². The van der Waals surface area contributed by atoms with Crippen molar-refractivity contribution >= 4 is 0 Å². The number of hydrogen-bond donors (Lipinski definition) is 1. The molecule has 208 valence electrons. The maximum atomic E-state index is 9.57. The monoisotopic (exact) mass is 506 g/mol. The minimum atomic E-state index is 0.0239. The van der Waals surface area contributed by atoms with Gasteiger partial charge in [-0.05, 0) is 116 Å². The molecule has 0 radical (unpaired) electrons. The van der Waals surface area contributed by atoms with Crippen molar-refractivity contribution in [2.75, 3.05) is 0 Å². The minimum Gasteiger partial charge on any atom is -0.508 e. The van der Waals surface area contributed by atoms with Crippen molar-refractivity contribution in [2.24, 2.45) is 29.6 Å². The van der Waals surface area contributed by atoms with Crippen LogP contribution >= 0.6 is 0 Å². The third-order valence-corrected chi connectivity index (χ3v) is 8.78. The number of phenols is 1. The van der Waals surface area contributed by atoms with Crippen LogP contribution in [0.5, 0.6) is 5.75 Å². The molecule has 1 nitrogen and oxygen atoms in total. The van der Waals surface area contributed by atoms with Gasteiger partial charge in [-0.15, -0.1) is 0 Å². The molecule has 3 aliphatic carbocycles. The largest absolute Gasteiger partial charge is 0.508 e. The van der Waals surface area contributed by atoms with Crippen LogP contribution in [0, 0.1) is 50.4 Å². The predicted octanol–water partition coefficient (Wildman–Crippen LogP) is 10.7. The Hall–Kier alpha value is -1.76. The third-order valence-electron chi connectivity index (χ3n) is 8.78. The Morgan fingerprint density at radius 1 is 0.649 bits per heavy atom. The molecule has 1 heteroatoms. The zero-order valence-corrected chi connectivity index (χ0v) is 26.3. The lowest BCUT2D eigenvalue weighted by molar-refractivity contribution is 0.259. The van der Waals surface area contributed by atoms with Gasteiger partial charge in [-0.3, -0.25) is 0 Å². The molecule has 4 atom stereocenters. The molecule has 0 heterocycles. The van der Waals surface area contributed by atoms with Gasteiger partial charge in [0.2, 0.25) is 0 Å². The van der Waals surface area contributed by atoms with Crippen LogP contribution in [0.4, 0.5) is 0 Å². The summed E-state index contributed by atoms with van der Waals surface area (Å²) in [5.41, 5.74) is 6.72. The Bertz CT molecular complexity index is 907. The second kappa shape index (κ2) is 12.9. The molecule has 0 aromatic heterocycles. The van der Waals surface area contributed by atoms with E-state index < -0.39 is 0 Å². The Morgan fingerprint density at radius 3 is 1.49 bits per heavy atom. The summed E-state index contributed by atoms with van der Waals surface area (Å²) < 4.78 is 0. The molecule has 0 spiro atoms. The highest BCUT2D eigenvalue weighted by molar-refractivity contribution is 5.40. The van der Waals surface area contributed by atoms with Crippen LogP contribution in [0.15, 0.2) is 36.4 Å². The molecule has 0 aliphatic heterocycles. The van der Waals surface area contributed by atoms with Crippen molar-refractivity contribution in [3.05, 3.63) is 64.2 Å². The zero-order chi connectivity index (χ0) is 28.1. The summed E-state index contributed by atoms with van der Waals surface area (Å²) in [5, 5.41) is 9.57. The lowest BCUT2D eigenvalue weighted by atomic mass is 9.82. The molecular formula is C36H58O. The molecule has 0 saturated heterocycles. The van der Waals surface area contributed by atoms with Gasteiger partial charge in [0, 0.05) is 0 Å². The molecule has 37 heavy (non-hydrogen) atoms. The Balaban J connectivity index is 0.000000189. The Morgan fingerprint density at radius 2 is 1.08 bits per heavy atom. The molecule has 3 aliphatic rings. The van der Waals surface area contributed by atoms with Crippen molar-refractivity contribution in [3.63, 3.8) is 0 Å². The van der Waals surface area contributed by atoms with E-state index in [1.807, 2.05) is 32.9 Å². The predicted molar refractivity (Wildman–Crippen MR) is 164 cm³/mol. The first kappa shape index (κ1) is 31.5. The topological polar surface area (TPSA) is 20.2 Å². The first-order chi connectivity index (χ1) is 17.2. The maximum absolute atomic E-state index is 9.57. The van der Waals surface area contributed by atoms with E-state index in [-0.39, 0.29) is 10.8 Å². The van der Waals surface area contributed by atoms with Crippen LogP contribution in [0.1, 0.15) is 122 Å². The molecule has 1 N–H and O–H groups in total. The van der Waals surface area contributed by atoms with Gasteiger partial charge in [0.15, 0.2) is 0 Å². The SMILES string of the molecule is CC.CC1CC2C3CCC(C3)C2C1.Cc1ccc(C)c(C(C)(C)C)c1.Cc1ccc(O)c(C(C)(C)C)c1. The molecule has 5 rings (SSSR count). The fraction of sp³-hybridized carbons (Fsp3) is 0.667. The summed E-state index contributed by atoms with van der Waals surface area (Å²) in [4.78, 5) is 0. The van der Waals surface area contributed by atoms with Gasteiger partial charge in [0.05, 0.1) is 0 Å². The fourth-order valence-corrected chi connectivity index (χ4v) is 7.08. The summed E-state index contributed by atoms with van der Waals surface area (Å²) in [6, 6.07) is 12.4. The molecule has 2 aromatic carbocycles. The van der Waals surface area contributed by atoms with Crippen LogP contribution in [0.2, 0.25) is 0 Å². The second-order valence-electron chi connectivity index (χ2n) is 14.1.